The van der Waals surface area contributed by atoms with Crippen LogP contribution in [0.2, 0.25) is 0 Å². The summed E-state index contributed by atoms with van der Waals surface area (Å²) in [7, 11) is 0. The van der Waals surface area contributed by atoms with Crippen molar-refractivity contribution in [2.75, 3.05) is 13.1 Å². The number of hydrogen-bond donors (Lipinski definition) is 1. The highest BCUT2D eigenvalue weighted by Crippen LogP contribution is 2.32. The van der Waals surface area contributed by atoms with E-state index in [9.17, 15) is 9.90 Å². The van der Waals surface area contributed by atoms with Crippen LogP contribution in [0.15, 0.2) is 0 Å². The van der Waals surface area contributed by atoms with Gasteiger partial charge < -0.3 is 10.0 Å². The SMILES string of the molecule is CC1(C)CCN(C(=O)CCC2CCCC2)CC1O. The monoisotopic (exact) mass is 253 g/mol. The Kier molecular flexibility index (Phi) is 4.31. The highest BCUT2D eigenvalue weighted by molar-refractivity contribution is 5.76. The standard InChI is InChI=1S/C15H27NO2/c1-15(2)9-10-16(11-13(15)17)14(18)8-7-12-5-3-4-6-12/h12-13,17H,3-11H2,1-2H3. The zero-order chi connectivity index (χ0) is 13.2. The Balaban J connectivity index is 1.76. The van der Waals surface area contributed by atoms with Crippen molar-refractivity contribution in [1.82, 2.24) is 4.90 Å². The molecule has 1 saturated carbocycles. The average Bonchev–Trinajstić information content (AvgIpc) is 2.82. The first-order valence-electron chi connectivity index (χ1n) is 7.45. The van der Waals surface area contributed by atoms with Crippen molar-refractivity contribution in [2.24, 2.45) is 11.3 Å². The molecule has 0 radical (unpaired) electrons. The summed E-state index contributed by atoms with van der Waals surface area (Å²) in [6, 6.07) is 0. The molecule has 1 aliphatic heterocycles. The molecular formula is C15H27NO2. The second kappa shape index (κ2) is 5.60. The molecule has 18 heavy (non-hydrogen) atoms. The molecule has 0 spiro atoms. The molecule has 1 N–H and O–H groups in total. The molecule has 1 atom stereocenters. The Labute approximate surface area is 111 Å². The maximum absolute atomic E-state index is 12.1. The first-order chi connectivity index (χ1) is 8.49. The fraction of sp³-hybridized carbons (Fsp3) is 0.933. The Bertz CT molecular complexity index is 295. The van der Waals surface area contributed by atoms with Gasteiger partial charge in [0.15, 0.2) is 0 Å². The molecule has 0 aromatic rings. The first-order valence-corrected chi connectivity index (χ1v) is 7.45. The van der Waals surface area contributed by atoms with Crippen molar-refractivity contribution in [3.63, 3.8) is 0 Å². The van der Waals surface area contributed by atoms with Gasteiger partial charge in [-0.25, -0.2) is 0 Å². The molecule has 2 fully saturated rings. The highest BCUT2D eigenvalue weighted by atomic mass is 16.3. The van der Waals surface area contributed by atoms with Gasteiger partial charge in [0.1, 0.15) is 0 Å². The van der Waals surface area contributed by atoms with Crippen molar-refractivity contribution in [1.29, 1.82) is 0 Å². The van der Waals surface area contributed by atoms with Crippen LogP contribution in [0.3, 0.4) is 0 Å². The van der Waals surface area contributed by atoms with E-state index in [0.29, 0.717) is 13.0 Å². The molecule has 3 nitrogen and oxygen atoms in total. The van der Waals surface area contributed by atoms with E-state index in [1.165, 1.54) is 25.7 Å². The third kappa shape index (κ3) is 3.25. The van der Waals surface area contributed by atoms with E-state index in [4.69, 9.17) is 0 Å². The first kappa shape index (κ1) is 13.9. The van der Waals surface area contributed by atoms with Gasteiger partial charge in [-0.2, -0.15) is 0 Å². The third-order valence-electron chi connectivity index (χ3n) is 4.92. The summed E-state index contributed by atoms with van der Waals surface area (Å²) < 4.78 is 0. The van der Waals surface area contributed by atoms with Crippen LogP contribution in [0.4, 0.5) is 0 Å². The largest absolute Gasteiger partial charge is 0.391 e. The predicted molar refractivity (Wildman–Crippen MR) is 72.2 cm³/mol. The van der Waals surface area contributed by atoms with Crippen LogP contribution >= 0.6 is 0 Å². The number of hydrogen-bond acceptors (Lipinski definition) is 2. The van der Waals surface area contributed by atoms with Gasteiger partial charge in [0.05, 0.1) is 6.10 Å². The molecule has 1 saturated heterocycles. The number of amides is 1. The number of aliphatic hydroxyl groups excluding tert-OH is 1. The van der Waals surface area contributed by atoms with Crippen LogP contribution in [0, 0.1) is 11.3 Å². The fourth-order valence-corrected chi connectivity index (χ4v) is 3.15. The van der Waals surface area contributed by atoms with Crippen molar-refractivity contribution in [3.05, 3.63) is 0 Å². The molecule has 1 heterocycles. The van der Waals surface area contributed by atoms with E-state index >= 15 is 0 Å². The number of piperidine rings is 1. The van der Waals surface area contributed by atoms with Crippen LogP contribution in [0.25, 0.3) is 0 Å². The Morgan fingerprint density at radius 3 is 2.61 bits per heavy atom. The van der Waals surface area contributed by atoms with Crippen molar-refractivity contribution in [2.45, 2.75) is 64.9 Å². The Hall–Kier alpha value is -0.570. The van der Waals surface area contributed by atoms with Crippen LogP contribution < -0.4 is 0 Å². The van der Waals surface area contributed by atoms with Gasteiger partial charge in [-0.05, 0) is 24.2 Å². The number of likely N-dealkylation sites (tertiary alicyclic amines) is 1. The molecule has 0 bridgehead atoms. The molecule has 104 valence electrons. The Morgan fingerprint density at radius 2 is 2.00 bits per heavy atom. The summed E-state index contributed by atoms with van der Waals surface area (Å²) in [5, 5.41) is 10.0. The zero-order valence-corrected chi connectivity index (χ0v) is 11.8. The minimum Gasteiger partial charge on any atom is -0.391 e. The number of nitrogens with zero attached hydrogens (tertiary/aromatic N) is 1. The smallest absolute Gasteiger partial charge is 0.222 e. The number of rotatable bonds is 3. The normalized spacial score (nSPS) is 28.6. The predicted octanol–water partition coefficient (Wildman–Crippen LogP) is 2.58. The second-order valence-electron chi connectivity index (χ2n) is 6.78. The van der Waals surface area contributed by atoms with E-state index in [-0.39, 0.29) is 17.4 Å². The third-order valence-corrected chi connectivity index (χ3v) is 4.92. The van der Waals surface area contributed by atoms with Crippen LogP contribution in [0.1, 0.15) is 58.8 Å². The van der Waals surface area contributed by atoms with Crippen LogP contribution in [-0.4, -0.2) is 35.1 Å². The number of carbonyl (C=O) groups excluding carboxylic acids is 1. The van der Waals surface area contributed by atoms with E-state index in [1.807, 2.05) is 4.90 Å². The molecular weight excluding hydrogens is 226 g/mol. The summed E-state index contributed by atoms with van der Waals surface area (Å²) in [6.45, 7) is 5.50. The summed E-state index contributed by atoms with van der Waals surface area (Å²) in [5.74, 6) is 1.02. The van der Waals surface area contributed by atoms with E-state index in [1.54, 1.807) is 0 Å². The maximum Gasteiger partial charge on any atom is 0.222 e. The number of aliphatic hydroxyl groups is 1. The number of carbonyl (C=O) groups is 1. The lowest BCUT2D eigenvalue weighted by atomic mass is 9.80. The van der Waals surface area contributed by atoms with Gasteiger partial charge in [-0.1, -0.05) is 39.5 Å². The molecule has 0 aromatic carbocycles. The maximum atomic E-state index is 12.1. The summed E-state index contributed by atoms with van der Waals surface area (Å²) in [6.07, 6.45) is 7.56. The highest BCUT2D eigenvalue weighted by Gasteiger charge is 2.35. The molecule has 0 aromatic heterocycles. The van der Waals surface area contributed by atoms with Crippen molar-refractivity contribution < 1.29 is 9.90 Å². The van der Waals surface area contributed by atoms with Crippen molar-refractivity contribution >= 4 is 5.91 Å². The van der Waals surface area contributed by atoms with Crippen molar-refractivity contribution in [3.8, 4) is 0 Å². The molecule has 1 amide bonds. The van der Waals surface area contributed by atoms with E-state index in [2.05, 4.69) is 13.8 Å². The summed E-state index contributed by atoms with van der Waals surface area (Å²) in [5.41, 5.74) is -0.0395. The fourth-order valence-electron chi connectivity index (χ4n) is 3.15. The lowest BCUT2D eigenvalue weighted by Gasteiger charge is -2.41. The van der Waals surface area contributed by atoms with Gasteiger partial charge >= 0.3 is 0 Å². The van der Waals surface area contributed by atoms with Gasteiger partial charge in [-0.15, -0.1) is 0 Å². The molecule has 2 rings (SSSR count). The topological polar surface area (TPSA) is 40.5 Å². The average molecular weight is 253 g/mol. The van der Waals surface area contributed by atoms with Crippen LogP contribution in [0.5, 0.6) is 0 Å². The van der Waals surface area contributed by atoms with E-state index in [0.717, 1.165) is 25.3 Å². The quantitative estimate of drug-likeness (QED) is 0.840. The minimum atomic E-state index is -0.373. The van der Waals surface area contributed by atoms with Gasteiger partial charge in [0.25, 0.3) is 0 Å². The van der Waals surface area contributed by atoms with Gasteiger partial charge in [0, 0.05) is 19.5 Å². The minimum absolute atomic E-state index is 0.0395. The van der Waals surface area contributed by atoms with E-state index < -0.39 is 0 Å². The molecule has 2 aliphatic rings. The summed E-state index contributed by atoms with van der Waals surface area (Å²) >= 11 is 0. The van der Waals surface area contributed by atoms with Gasteiger partial charge in [0.2, 0.25) is 5.91 Å². The Morgan fingerprint density at radius 1 is 1.33 bits per heavy atom. The molecule has 1 unspecified atom stereocenters. The lowest BCUT2D eigenvalue weighted by molar-refractivity contribution is -0.138. The lowest BCUT2D eigenvalue weighted by Crippen LogP contribution is -2.50. The zero-order valence-electron chi connectivity index (χ0n) is 11.8. The second-order valence-corrected chi connectivity index (χ2v) is 6.78. The van der Waals surface area contributed by atoms with Crippen LogP contribution in [-0.2, 0) is 4.79 Å². The van der Waals surface area contributed by atoms with Gasteiger partial charge in [-0.3, -0.25) is 4.79 Å². The molecule has 3 heteroatoms. The molecule has 1 aliphatic carbocycles. The summed E-state index contributed by atoms with van der Waals surface area (Å²) in [4.78, 5) is 14.0. The number of β-amino-alcohol motifs (C(OH)–C–C–N with tert-alkyl or cyclic N) is 1.